The number of nitrogens with one attached hydrogen (secondary N) is 1. The second-order valence-electron chi connectivity index (χ2n) is 3.27. The molecule has 0 saturated carbocycles. The summed E-state index contributed by atoms with van der Waals surface area (Å²) in [6.45, 7) is 0. The maximum absolute atomic E-state index is 11.5. The number of esters is 1. The van der Waals surface area contributed by atoms with Crippen molar-refractivity contribution in [1.29, 1.82) is 0 Å². The van der Waals surface area contributed by atoms with Crippen LogP contribution in [0.5, 0.6) is 0 Å². The summed E-state index contributed by atoms with van der Waals surface area (Å²) in [5, 5.41) is 12.5. The Kier molecular flexibility index (Phi) is 2.49. The van der Waals surface area contributed by atoms with Gasteiger partial charge in [0.05, 0.1) is 12.7 Å². The number of aliphatic imine (C=N–C) groups is 1. The molecule has 0 amide bonds. The molecule has 84 valence electrons. The highest BCUT2D eigenvalue weighted by Crippen LogP contribution is 2.30. The fourth-order valence-electron chi connectivity index (χ4n) is 1.61. The van der Waals surface area contributed by atoms with Gasteiger partial charge < -0.3 is 20.9 Å². The fraction of sp³-hybridized carbons (Fsp3) is 0.200. The molecule has 1 atom stereocenters. The largest absolute Gasteiger partial charge is 0.465 e. The van der Waals surface area contributed by atoms with Gasteiger partial charge >= 0.3 is 5.97 Å². The number of aliphatic hydroxyl groups excluding tert-OH is 1. The molecule has 0 aliphatic carbocycles. The van der Waals surface area contributed by atoms with Crippen molar-refractivity contribution in [3.8, 4) is 0 Å². The Bertz CT molecular complexity index is 470. The van der Waals surface area contributed by atoms with E-state index in [4.69, 9.17) is 5.73 Å². The number of carbonyl (C=O) groups excluding carboxylic acids is 1. The van der Waals surface area contributed by atoms with E-state index in [1.165, 1.54) is 7.11 Å². The first-order valence-corrected chi connectivity index (χ1v) is 4.63. The van der Waals surface area contributed by atoms with Crippen molar-refractivity contribution in [3.05, 3.63) is 29.3 Å². The third kappa shape index (κ3) is 1.59. The lowest BCUT2D eigenvalue weighted by molar-refractivity contribution is 0.0593. The van der Waals surface area contributed by atoms with Gasteiger partial charge in [-0.25, -0.2) is 9.79 Å². The van der Waals surface area contributed by atoms with E-state index in [1.807, 2.05) is 0 Å². The highest BCUT2D eigenvalue weighted by molar-refractivity contribution is 5.99. The minimum absolute atomic E-state index is 0.113. The van der Waals surface area contributed by atoms with Crippen molar-refractivity contribution < 1.29 is 14.6 Å². The molecule has 6 nitrogen and oxygen atoms in total. The van der Waals surface area contributed by atoms with E-state index in [1.54, 1.807) is 18.2 Å². The Labute approximate surface area is 91.7 Å². The van der Waals surface area contributed by atoms with Crippen LogP contribution in [0.25, 0.3) is 0 Å². The number of hydrogen-bond donors (Lipinski definition) is 3. The number of aliphatic hydroxyl groups is 1. The molecule has 0 aromatic heterocycles. The number of methoxy groups -OCH3 is 1. The molecule has 1 unspecified atom stereocenters. The smallest absolute Gasteiger partial charge is 0.338 e. The maximum Gasteiger partial charge on any atom is 0.338 e. The summed E-state index contributed by atoms with van der Waals surface area (Å²) in [6.07, 6.45) is -1.15. The van der Waals surface area contributed by atoms with Crippen LogP contribution in [0.2, 0.25) is 0 Å². The molecule has 4 N–H and O–H groups in total. The molecule has 0 bridgehead atoms. The predicted molar refractivity (Wildman–Crippen MR) is 58.0 cm³/mol. The quantitative estimate of drug-likeness (QED) is 0.589. The monoisotopic (exact) mass is 221 g/mol. The zero-order chi connectivity index (χ0) is 11.7. The second kappa shape index (κ2) is 3.82. The van der Waals surface area contributed by atoms with Crippen molar-refractivity contribution in [3.63, 3.8) is 0 Å². The van der Waals surface area contributed by atoms with Gasteiger partial charge in [0.15, 0.2) is 12.2 Å². The van der Waals surface area contributed by atoms with Crippen LogP contribution < -0.4 is 11.1 Å². The van der Waals surface area contributed by atoms with Gasteiger partial charge in [0.25, 0.3) is 0 Å². The lowest BCUT2D eigenvalue weighted by Crippen LogP contribution is -2.29. The van der Waals surface area contributed by atoms with E-state index in [0.717, 1.165) is 0 Å². The first-order valence-electron chi connectivity index (χ1n) is 4.63. The molecule has 1 heterocycles. The van der Waals surface area contributed by atoms with Crippen molar-refractivity contribution in [2.45, 2.75) is 6.23 Å². The minimum atomic E-state index is -1.15. The van der Waals surface area contributed by atoms with Crippen LogP contribution in [-0.4, -0.2) is 24.1 Å². The minimum Gasteiger partial charge on any atom is -0.465 e. The van der Waals surface area contributed by atoms with E-state index >= 15 is 0 Å². The molecule has 2 rings (SSSR count). The molecule has 0 fully saturated rings. The Morgan fingerprint density at radius 3 is 3.06 bits per heavy atom. The number of nitrogens with two attached hydrogens (primary N) is 1. The summed E-state index contributed by atoms with van der Waals surface area (Å²) in [6, 6.07) is 4.93. The first kappa shape index (κ1) is 10.4. The lowest BCUT2D eigenvalue weighted by atomic mass is 10.0. The van der Waals surface area contributed by atoms with E-state index < -0.39 is 12.2 Å². The number of benzene rings is 1. The topological polar surface area (TPSA) is 96.9 Å². The molecule has 6 heteroatoms. The highest BCUT2D eigenvalue weighted by Gasteiger charge is 2.24. The van der Waals surface area contributed by atoms with E-state index in [2.05, 4.69) is 15.0 Å². The molecule has 1 aromatic rings. The highest BCUT2D eigenvalue weighted by atomic mass is 16.5. The summed E-state index contributed by atoms with van der Waals surface area (Å²) < 4.78 is 4.62. The molecular weight excluding hydrogens is 210 g/mol. The van der Waals surface area contributed by atoms with Crippen molar-refractivity contribution in [2.75, 3.05) is 12.4 Å². The number of rotatable bonds is 1. The van der Waals surface area contributed by atoms with Gasteiger partial charge in [-0.05, 0) is 12.1 Å². The number of nitrogens with zero attached hydrogens (tertiary/aromatic N) is 1. The van der Waals surface area contributed by atoms with Crippen LogP contribution in [0, 0.1) is 0 Å². The zero-order valence-corrected chi connectivity index (χ0v) is 8.60. The van der Waals surface area contributed by atoms with Crippen molar-refractivity contribution in [2.24, 2.45) is 10.7 Å². The van der Waals surface area contributed by atoms with Crippen LogP contribution in [0.1, 0.15) is 22.1 Å². The molecule has 1 aliphatic heterocycles. The zero-order valence-electron chi connectivity index (χ0n) is 8.60. The maximum atomic E-state index is 11.5. The van der Waals surface area contributed by atoms with Gasteiger partial charge in [0.2, 0.25) is 0 Å². The molecule has 1 aliphatic rings. The van der Waals surface area contributed by atoms with Crippen LogP contribution in [-0.2, 0) is 4.74 Å². The number of carbonyl (C=O) groups is 1. The van der Waals surface area contributed by atoms with Crippen molar-refractivity contribution >= 4 is 17.6 Å². The fourth-order valence-corrected chi connectivity index (χ4v) is 1.61. The van der Waals surface area contributed by atoms with Gasteiger partial charge in [-0.1, -0.05) is 6.07 Å². The van der Waals surface area contributed by atoms with Crippen LogP contribution in [0.3, 0.4) is 0 Å². The molecule has 1 aromatic carbocycles. The molecule has 0 saturated heterocycles. The molecular formula is C10H11N3O3. The third-order valence-corrected chi connectivity index (χ3v) is 2.29. The molecule has 0 radical (unpaired) electrons. The third-order valence-electron chi connectivity index (χ3n) is 2.29. The van der Waals surface area contributed by atoms with E-state index in [-0.39, 0.29) is 11.5 Å². The molecule has 16 heavy (non-hydrogen) atoms. The van der Waals surface area contributed by atoms with Crippen LogP contribution in [0.15, 0.2) is 23.2 Å². The van der Waals surface area contributed by atoms with Crippen LogP contribution >= 0.6 is 0 Å². The van der Waals surface area contributed by atoms with Gasteiger partial charge in [0, 0.05) is 11.3 Å². The normalized spacial score (nSPS) is 18.1. The number of guanidine groups is 1. The Morgan fingerprint density at radius 1 is 1.62 bits per heavy atom. The average Bonchev–Trinajstić information content (AvgIpc) is 2.26. The summed E-state index contributed by atoms with van der Waals surface area (Å²) in [5.74, 6) is -0.407. The van der Waals surface area contributed by atoms with Crippen LogP contribution in [0.4, 0.5) is 5.69 Å². The summed E-state index contributed by atoms with van der Waals surface area (Å²) in [7, 11) is 1.28. The predicted octanol–water partition coefficient (Wildman–Crippen LogP) is 0.204. The Balaban J connectivity index is 2.54. The number of hydrogen-bond acceptors (Lipinski definition) is 6. The summed E-state index contributed by atoms with van der Waals surface area (Å²) >= 11 is 0. The SMILES string of the molecule is COC(=O)c1cccc2c1C(O)N=C(N)N2. The molecule has 0 spiro atoms. The van der Waals surface area contributed by atoms with E-state index in [0.29, 0.717) is 11.3 Å². The van der Waals surface area contributed by atoms with E-state index in [9.17, 15) is 9.90 Å². The lowest BCUT2D eigenvalue weighted by Gasteiger charge is -2.21. The Hall–Kier alpha value is -2.08. The van der Waals surface area contributed by atoms with Gasteiger partial charge in [-0.15, -0.1) is 0 Å². The Morgan fingerprint density at radius 2 is 2.38 bits per heavy atom. The summed E-state index contributed by atoms with van der Waals surface area (Å²) in [5.41, 5.74) is 6.67. The van der Waals surface area contributed by atoms with Gasteiger partial charge in [0.1, 0.15) is 0 Å². The van der Waals surface area contributed by atoms with Gasteiger partial charge in [-0.3, -0.25) is 0 Å². The first-order chi connectivity index (χ1) is 7.63. The second-order valence-corrected chi connectivity index (χ2v) is 3.27. The number of fused-ring (bicyclic) bond motifs is 1. The number of ether oxygens (including phenoxy) is 1. The summed E-state index contributed by atoms with van der Waals surface area (Å²) in [4.78, 5) is 15.2. The standard InChI is InChI=1S/C10H11N3O3/c1-16-9(15)5-3-2-4-6-7(5)8(14)13-10(11)12-6/h2-4,8,14H,1H3,(H3,11,12,13). The van der Waals surface area contributed by atoms with Gasteiger partial charge in [-0.2, -0.15) is 0 Å². The number of anilines is 1. The van der Waals surface area contributed by atoms with Crippen molar-refractivity contribution in [1.82, 2.24) is 0 Å². The average molecular weight is 221 g/mol.